The van der Waals surface area contributed by atoms with E-state index in [1.807, 2.05) is 36.4 Å². The van der Waals surface area contributed by atoms with E-state index in [0.717, 1.165) is 69.2 Å². The van der Waals surface area contributed by atoms with Crippen molar-refractivity contribution in [3.63, 3.8) is 0 Å². The smallest absolute Gasteiger partial charge is 0.341 e. The largest absolute Gasteiger partial charge is 0.748 e. The molecule has 1 aliphatic carbocycles. The summed E-state index contributed by atoms with van der Waals surface area (Å²) in [7, 11) is -19.2. The third-order valence-electron chi connectivity index (χ3n) is 12.9. The minimum absolute atomic E-state index is 0.0393. The third kappa shape index (κ3) is 16.6. The van der Waals surface area contributed by atoms with Crippen molar-refractivity contribution in [2.24, 2.45) is 0 Å². The zero-order valence-electron chi connectivity index (χ0n) is 41.0. The number of unbranched alkanes of at least 4 members (excludes halogenated alkanes) is 2. The molecular weight excluding hydrogens is 1030 g/mol. The summed E-state index contributed by atoms with van der Waals surface area (Å²) < 4.78 is 99.1. The van der Waals surface area contributed by atoms with E-state index in [0.29, 0.717) is 31.7 Å². The van der Waals surface area contributed by atoms with Crippen LogP contribution in [-0.4, -0.2) is 130 Å². The highest BCUT2D eigenvalue weighted by atomic mass is 32.2. The van der Waals surface area contributed by atoms with Gasteiger partial charge in [0.15, 0.2) is 11.1 Å². The van der Waals surface area contributed by atoms with Crippen molar-refractivity contribution in [3.8, 4) is 0 Å². The van der Waals surface area contributed by atoms with Crippen molar-refractivity contribution in [1.82, 2.24) is 10.6 Å². The van der Waals surface area contributed by atoms with Gasteiger partial charge in [-0.25, -0.2) is 16.8 Å². The van der Waals surface area contributed by atoms with Crippen LogP contribution in [-0.2, 0) is 54.5 Å². The molecule has 0 saturated carbocycles. The Hall–Kier alpha value is -3.76. The van der Waals surface area contributed by atoms with Crippen molar-refractivity contribution in [2.45, 2.75) is 102 Å². The number of amides is 2. The predicted molar refractivity (Wildman–Crippen MR) is 276 cm³/mol. The summed E-state index contributed by atoms with van der Waals surface area (Å²) in [5, 5.41) is 2.67. The van der Waals surface area contributed by atoms with Crippen LogP contribution in [0.2, 0.25) is 0 Å². The lowest BCUT2D eigenvalue weighted by molar-refractivity contribution is -0.438. The number of para-hydroxylation sites is 2. The van der Waals surface area contributed by atoms with Gasteiger partial charge in [0, 0.05) is 89.1 Å². The zero-order chi connectivity index (χ0) is 53.1. The fourth-order valence-corrected chi connectivity index (χ4v) is 14.0. The van der Waals surface area contributed by atoms with Crippen LogP contribution in [0.1, 0.15) is 96.6 Å². The van der Waals surface area contributed by atoms with Crippen LogP contribution in [0.25, 0.3) is 0 Å². The first-order valence-electron chi connectivity index (χ1n) is 23.8. The van der Waals surface area contributed by atoms with Gasteiger partial charge in [0.25, 0.3) is 0 Å². The highest BCUT2D eigenvalue weighted by molar-refractivity contribution is 8.03. The predicted octanol–water partition coefficient (Wildman–Crippen LogP) is 5.76. The first-order chi connectivity index (χ1) is 33.6. The molecule has 6 N–H and O–H groups in total. The van der Waals surface area contributed by atoms with E-state index in [-0.39, 0.29) is 51.5 Å². The molecule has 0 radical (unpaired) electrons. The lowest BCUT2D eigenvalue weighted by atomic mass is 9.81. The number of nitrogens with one attached hydrogen (secondary N) is 2. The fourth-order valence-electron chi connectivity index (χ4n) is 9.26. The number of nitrogens with zero attached hydrogens (tertiary/aromatic N) is 2. The Kier molecular flexibility index (Phi) is 20.7. The van der Waals surface area contributed by atoms with Gasteiger partial charge < -0.3 is 48.9 Å². The third-order valence-corrected chi connectivity index (χ3v) is 19.4. The standard InChI is InChI=1S/C48H68N4O15P2S3/c1-47(2)37-16-5-7-18-39(37)51(27-9-11-32-71(61,62)63)41(47)22-20-35-14-13-15-36(21-23-42-48(3,4)38-17-6-8-19-40(38)52(42)28-10-12-33-72(64,65)66)46(35)70-31-24-43(53)49-25-29-67-30-26-50-44(54)34-45(68(55,56)57)69(58,59)60/h5-8,16-23,45H,9-15,24-34H2,1-4H3,(H7-,49,50,53,54,55,56,57,58,59,60,61,62,63,64,65,66)/p-1. The Morgan fingerprint density at radius 1 is 0.806 bits per heavy atom. The average molecular weight is 1100 g/mol. The number of carbonyl (C=O) groups excluding carboxylic acids is 2. The average Bonchev–Trinajstić information content (AvgIpc) is 3.63. The molecule has 2 heterocycles. The molecule has 5 rings (SSSR count). The molecule has 24 heteroatoms. The van der Waals surface area contributed by atoms with Gasteiger partial charge in [-0.3, -0.25) is 18.7 Å². The summed E-state index contributed by atoms with van der Waals surface area (Å²) in [4.78, 5) is 65.5. The van der Waals surface area contributed by atoms with Gasteiger partial charge in [0.05, 0.1) is 45.3 Å². The molecule has 2 aliphatic heterocycles. The van der Waals surface area contributed by atoms with E-state index in [4.69, 9.17) is 4.74 Å². The molecule has 0 spiro atoms. The number of ether oxygens (including phenoxy) is 1. The number of hydrogen-bond acceptors (Lipinski definition) is 13. The summed E-state index contributed by atoms with van der Waals surface area (Å²) >= 11 is 1.57. The second-order valence-electron chi connectivity index (χ2n) is 19.0. The first-order valence-corrected chi connectivity index (χ1v) is 31.3. The minimum atomic E-state index is -5.25. The fraction of sp³-hybridized carbons (Fsp3) is 0.521. The highest BCUT2D eigenvalue weighted by Crippen LogP contribution is 2.61. The number of anilines is 1. The Balaban J connectivity index is 1.35. The molecule has 0 saturated heterocycles. The molecule has 398 valence electrons. The lowest BCUT2D eigenvalue weighted by Crippen LogP contribution is -2.31. The number of carbonyl (C=O) groups is 2. The van der Waals surface area contributed by atoms with Gasteiger partial charge in [-0.2, -0.15) is 4.58 Å². The van der Waals surface area contributed by atoms with Crippen molar-refractivity contribution < 1.29 is 73.5 Å². The summed E-state index contributed by atoms with van der Waals surface area (Å²) in [6.45, 7) is 9.69. The quantitative estimate of drug-likeness (QED) is 0.0268. The minimum Gasteiger partial charge on any atom is -0.748 e. The van der Waals surface area contributed by atoms with E-state index >= 15 is 0 Å². The van der Waals surface area contributed by atoms with E-state index in [1.54, 1.807) is 11.8 Å². The molecule has 0 fully saturated rings. The lowest BCUT2D eigenvalue weighted by Gasteiger charge is -2.27. The van der Waals surface area contributed by atoms with Crippen molar-refractivity contribution >= 4 is 76.1 Å². The van der Waals surface area contributed by atoms with Gasteiger partial charge in [0.1, 0.15) is 6.54 Å². The number of fused-ring (bicyclic) bond motifs is 2. The first kappa shape index (κ1) is 59.1. The molecule has 0 bridgehead atoms. The highest BCUT2D eigenvalue weighted by Gasteiger charge is 2.45. The maximum Gasteiger partial charge on any atom is 0.341 e. The summed E-state index contributed by atoms with van der Waals surface area (Å²) in [5.41, 5.74) is 7.67. The number of thioether (sulfide) groups is 1. The maximum atomic E-state index is 13.1. The van der Waals surface area contributed by atoms with Crippen molar-refractivity contribution in [2.75, 3.05) is 61.6 Å². The van der Waals surface area contributed by atoms with E-state index in [2.05, 4.69) is 84.2 Å². The normalized spacial score (nSPS) is 18.2. The Morgan fingerprint density at radius 2 is 1.40 bits per heavy atom. The molecule has 3 aliphatic rings. The van der Waals surface area contributed by atoms with Crippen LogP contribution in [0.4, 0.5) is 11.4 Å². The molecule has 0 unspecified atom stereocenters. The molecule has 0 atom stereocenters. The number of hydrogen-bond donors (Lipinski definition) is 6. The van der Waals surface area contributed by atoms with Crippen LogP contribution < -0.4 is 15.5 Å². The van der Waals surface area contributed by atoms with Crippen LogP contribution >= 0.6 is 27.0 Å². The van der Waals surface area contributed by atoms with Gasteiger partial charge >= 0.3 is 15.2 Å². The Labute approximate surface area is 427 Å². The number of rotatable bonds is 27. The molecule has 2 aromatic rings. The van der Waals surface area contributed by atoms with Gasteiger partial charge in [-0.15, -0.1) is 11.8 Å². The topological polar surface area (TPSA) is 303 Å². The SMILES string of the molecule is CC1(C)C(/C=C/C2=C(SCCC(=O)NCCOCCNC(=O)CC(P(=O)(O)O)P(=O)(O)O)C(=C/C=C3/N(CCCCS(=O)(=O)[O-])c4ccccc4C3(C)C)/CCC2)=[N+](CCCCS(=O)(=O)[O-])c2ccccc21. The van der Waals surface area contributed by atoms with Crippen LogP contribution in [0.5, 0.6) is 0 Å². The molecule has 0 aromatic heterocycles. The van der Waals surface area contributed by atoms with Crippen LogP contribution in [0, 0.1) is 0 Å². The maximum absolute atomic E-state index is 13.1. The second-order valence-corrected chi connectivity index (χ2v) is 27.1. The Bertz CT molecular complexity index is 2770. The van der Waals surface area contributed by atoms with Crippen LogP contribution in [0.15, 0.2) is 94.6 Å². The van der Waals surface area contributed by atoms with Crippen molar-refractivity contribution in [1.29, 1.82) is 0 Å². The molecule has 19 nitrogen and oxygen atoms in total. The summed E-state index contributed by atoms with van der Waals surface area (Å²) in [6, 6.07) is 16.2. The monoisotopic (exact) mass is 1100 g/mol. The molecule has 2 amide bonds. The molecule has 72 heavy (non-hydrogen) atoms. The number of benzene rings is 2. The zero-order valence-corrected chi connectivity index (χ0v) is 45.3. The van der Waals surface area contributed by atoms with Crippen LogP contribution in [0.3, 0.4) is 0 Å². The van der Waals surface area contributed by atoms with Gasteiger partial charge in [-0.05, 0) is 81.2 Å². The van der Waals surface area contributed by atoms with Crippen molar-refractivity contribution in [3.05, 3.63) is 106 Å². The van der Waals surface area contributed by atoms with Gasteiger partial charge in [-0.1, -0.05) is 62.4 Å². The van der Waals surface area contributed by atoms with Gasteiger partial charge in [0.2, 0.25) is 17.5 Å². The second kappa shape index (κ2) is 25.2. The Morgan fingerprint density at radius 3 is 2.04 bits per heavy atom. The summed E-state index contributed by atoms with van der Waals surface area (Å²) in [5.74, 6) is -1.64. The summed E-state index contributed by atoms with van der Waals surface area (Å²) in [6.07, 6.45) is 11.4. The molecule has 2 aromatic carbocycles. The van der Waals surface area contributed by atoms with E-state index in [9.17, 15) is 64.2 Å². The number of allylic oxidation sites excluding steroid dienone is 7. The van der Waals surface area contributed by atoms with E-state index < -0.39 is 75.5 Å². The van der Waals surface area contributed by atoms with E-state index in [1.165, 1.54) is 0 Å². The molecular formula is C48H67N4O15P2S3-.